The maximum absolute atomic E-state index is 12.4. The number of fused-ring (bicyclic) bond motifs is 2. The summed E-state index contributed by atoms with van der Waals surface area (Å²) < 4.78 is 1.25. The summed E-state index contributed by atoms with van der Waals surface area (Å²) in [6.07, 6.45) is 2.29. The average Bonchev–Trinajstić information content (AvgIpc) is 3.18. The number of benzene rings is 2. The summed E-state index contributed by atoms with van der Waals surface area (Å²) in [6, 6.07) is 15.9. The highest BCUT2D eigenvalue weighted by molar-refractivity contribution is 7.18. The van der Waals surface area contributed by atoms with Gasteiger partial charge in [0.15, 0.2) is 0 Å². The Bertz CT molecular complexity index is 1160. The Balaban J connectivity index is 1.42. The highest BCUT2D eigenvalue weighted by Crippen LogP contribution is 2.35. The van der Waals surface area contributed by atoms with Gasteiger partial charge in [-0.15, -0.1) is 11.3 Å². The van der Waals surface area contributed by atoms with Crippen LogP contribution in [0.1, 0.15) is 42.6 Å². The lowest BCUT2D eigenvalue weighted by Gasteiger charge is -2.35. The summed E-state index contributed by atoms with van der Waals surface area (Å²) in [7, 11) is 0. The quantitative estimate of drug-likeness (QED) is 0.560. The topological polar surface area (TPSA) is 61.9 Å². The number of thiazole rings is 1. The molecule has 1 saturated heterocycles. The zero-order valence-electron chi connectivity index (χ0n) is 15.8. The number of aromatic nitrogens is 3. The molecule has 0 amide bonds. The highest BCUT2D eigenvalue weighted by atomic mass is 32.1. The maximum atomic E-state index is 12.4. The fourth-order valence-electron chi connectivity index (χ4n) is 4.10. The highest BCUT2D eigenvalue weighted by Gasteiger charge is 2.28. The minimum atomic E-state index is -0.0628. The summed E-state index contributed by atoms with van der Waals surface area (Å²) in [5, 5.41) is 1.86. The van der Waals surface area contributed by atoms with Crippen molar-refractivity contribution in [1.29, 1.82) is 0 Å². The van der Waals surface area contributed by atoms with Crippen LogP contribution in [0, 0.1) is 0 Å². The molecule has 1 fully saturated rings. The summed E-state index contributed by atoms with van der Waals surface area (Å²) in [5.41, 5.74) is 1.79. The Labute approximate surface area is 167 Å². The van der Waals surface area contributed by atoms with Crippen molar-refractivity contribution in [2.24, 2.45) is 0 Å². The van der Waals surface area contributed by atoms with Gasteiger partial charge in [-0.05, 0) is 50.6 Å². The number of hydrogen-bond donors (Lipinski definition) is 1. The number of rotatable bonds is 3. The lowest BCUT2D eigenvalue weighted by Crippen LogP contribution is -2.37. The molecular weight excluding hydrogens is 368 g/mol. The molecule has 1 aliphatic heterocycles. The van der Waals surface area contributed by atoms with E-state index in [9.17, 15) is 4.79 Å². The second kappa shape index (κ2) is 7.11. The van der Waals surface area contributed by atoms with Crippen LogP contribution in [0.5, 0.6) is 0 Å². The number of hydrogen-bond acceptors (Lipinski definition) is 5. The Morgan fingerprint density at radius 2 is 1.89 bits per heavy atom. The monoisotopic (exact) mass is 390 g/mol. The Kier molecular flexibility index (Phi) is 4.45. The number of aromatic amines is 1. The van der Waals surface area contributed by atoms with E-state index < -0.39 is 0 Å². The molecule has 1 aliphatic rings. The van der Waals surface area contributed by atoms with Gasteiger partial charge in [0.1, 0.15) is 5.82 Å². The van der Waals surface area contributed by atoms with Gasteiger partial charge in [0.2, 0.25) is 0 Å². The molecular formula is C22H22N4OS. The molecule has 0 bridgehead atoms. The molecule has 5 nitrogen and oxygen atoms in total. The first-order chi connectivity index (χ1) is 13.7. The predicted molar refractivity (Wildman–Crippen MR) is 114 cm³/mol. The van der Waals surface area contributed by atoms with E-state index in [0.717, 1.165) is 42.8 Å². The molecule has 28 heavy (non-hydrogen) atoms. The molecule has 2 atom stereocenters. The number of piperidine rings is 1. The van der Waals surface area contributed by atoms with Crippen LogP contribution < -0.4 is 5.56 Å². The van der Waals surface area contributed by atoms with Gasteiger partial charge in [0.05, 0.1) is 32.2 Å². The van der Waals surface area contributed by atoms with E-state index in [1.54, 1.807) is 11.3 Å². The normalized spacial score (nSPS) is 19.2. The van der Waals surface area contributed by atoms with Crippen LogP contribution in [0.3, 0.4) is 0 Å². The average molecular weight is 391 g/mol. The SMILES string of the molecule is C[C@@H](c1nc2ccccc2c(=O)[nH]1)N1CCC[C@@H](c2nc3ccccc3s2)C1. The zero-order chi connectivity index (χ0) is 19.1. The summed E-state index contributed by atoms with van der Waals surface area (Å²) in [5.74, 6) is 1.18. The van der Waals surface area contributed by atoms with Crippen molar-refractivity contribution >= 4 is 32.5 Å². The van der Waals surface area contributed by atoms with Crippen LogP contribution >= 0.6 is 11.3 Å². The van der Waals surface area contributed by atoms with Gasteiger partial charge in [-0.1, -0.05) is 24.3 Å². The van der Waals surface area contributed by atoms with Gasteiger partial charge in [-0.3, -0.25) is 9.69 Å². The second-order valence-electron chi connectivity index (χ2n) is 7.50. The van der Waals surface area contributed by atoms with Gasteiger partial charge in [-0.25, -0.2) is 9.97 Å². The fraction of sp³-hybridized carbons (Fsp3) is 0.318. The number of likely N-dealkylation sites (tertiary alicyclic amines) is 1. The number of para-hydroxylation sites is 2. The van der Waals surface area contributed by atoms with Crippen LogP contribution in [0.15, 0.2) is 53.3 Å². The van der Waals surface area contributed by atoms with Crippen LogP contribution in [0.4, 0.5) is 0 Å². The van der Waals surface area contributed by atoms with Crippen LogP contribution in [-0.4, -0.2) is 32.9 Å². The number of H-pyrrole nitrogens is 1. The summed E-state index contributed by atoms with van der Waals surface area (Å²) in [6.45, 7) is 4.09. The van der Waals surface area contributed by atoms with Gasteiger partial charge in [-0.2, -0.15) is 0 Å². The Hall–Kier alpha value is -2.57. The van der Waals surface area contributed by atoms with Crippen molar-refractivity contribution in [3.05, 3.63) is 69.7 Å². The molecule has 2 aromatic heterocycles. The molecule has 6 heteroatoms. The van der Waals surface area contributed by atoms with Crippen LogP contribution in [0.25, 0.3) is 21.1 Å². The van der Waals surface area contributed by atoms with Crippen molar-refractivity contribution < 1.29 is 0 Å². The first kappa shape index (κ1) is 17.5. The third-order valence-electron chi connectivity index (χ3n) is 5.69. The largest absolute Gasteiger partial charge is 0.309 e. The molecule has 1 N–H and O–H groups in total. The van der Waals surface area contributed by atoms with Crippen molar-refractivity contribution in [3.63, 3.8) is 0 Å². The zero-order valence-corrected chi connectivity index (χ0v) is 16.6. The van der Waals surface area contributed by atoms with Crippen molar-refractivity contribution in [3.8, 4) is 0 Å². The molecule has 0 spiro atoms. The molecule has 3 heterocycles. The van der Waals surface area contributed by atoms with Crippen molar-refractivity contribution in [2.45, 2.75) is 31.7 Å². The summed E-state index contributed by atoms with van der Waals surface area (Å²) in [4.78, 5) is 27.5. The van der Waals surface area contributed by atoms with Gasteiger partial charge < -0.3 is 4.98 Å². The lowest BCUT2D eigenvalue weighted by atomic mass is 9.97. The van der Waals surface area contributed by atoms with Gasteiger partial charge in [0, 0.05) is 12.5 Å². The molecule has 0 aliphatic carbocycles. The van der Waals surface area contributed by atoms with Gasteiger partial charge >= 0.3 is 0 Å². The molecule has 0 unspecified atom stereocenters. The van der Waals surface area contributed by atoms with Gasteiger partial charge in [0.25, 0.3) is 5.56 Å². The van der Waals surface area contributed by atoms with E-state index in [-0.39, 0.29) is 11.6 Å². The van der Waals surface area contributed by atoms with E-state index in [1.165, 1.54) is 9.71 Å². The summed E-state index contributed by atoms with van der Waals surface area (Å²) >= 11 is 1.81. The second-order valence-corrected chi connectivity index (χ2v) is 8.56. The number of nitrogens with zero attached hydrogens (tertiary/aromatic N) is 3. The number of nitrogens with one attached hydrogen (secondary N) is 1. The maximum Gasteiger partial charge on any atom is 0.258 e. The molecule has 0 saturated carbocycles. The Morgan fingerprint density at radius 3 is 2.75 bits per heavy atom. The van der Waals surface area contributed by atoms with E-state index in [0.29, 0.717) is 11.3 Å². The lowest BCUT2D eigenvalue weighted by molar-refractivity contribution is 0.153. The smallest absolute Gasteiger partial charge is 0.258 e. The Morgan fingerprint density at radius 1 is 1.11 bits per heavy atom. The van der Waals surface area contributed by atoms with E-state index in [1.807, 2.05) is 30.3 Å². The van der Waals surface area contributed by atoms with Crippen LogP contribution in [-0.2, 0) is 0 Å². The predicted octanol–water partition coefficient (Wildman–Crippen LogP) is 4.47. The van der Waals surface area contributed by atoms with Crippen molar-refractivity contribution in [1.82, 2.24) is 19.9 Å². The standard InChI is InChI=1S/C22H22N4OS/c1-14(20-23-17-9-3-2-8-16(17)21(27)25-20)26-12-6-7-15(13-26)22-24-18-10-4-5-11-19(18)28-22/h2-5,8-11,14-15H,6-7,12-13H2,1H3,(H,23,25,27)/t14-,15+/m0/s1. The molecule has 5 rings (SSSR count). The fourth-order valence-corrected chi connectivity index (χ4v) is 5.19. The van der Waals surface area contributed by atoms with E-state index in [4.69, 9.17) is 9.97 Å². The van der Waals surface area contributed by atoms with E-state index in [2.05, 4.69) is 35.0 Å². The minimum Gasteiger partial charge on any atom is -0.309 e. The van der Waals surface area contributed by atoms with Crippen molar-refractivity contribution in [2.75, 3.05) is 13.1 Å². The third kappa shape index (κ3) is 3.12. The third-order valence-corrected chi connectivity index (χ3v) is 6.89. The minimum absolute atomic E-state index is 0.0628. The van der Waals surface area contributed by atoms with Crippen LogP contribution in [0.2, 0.25) is 0 Å². The molecule has 4 aromatic rings. The first-order valence-corrected chi connectivity index (χ1v) is 10.6. The van der Waals surface area contributed by atoms with E-state index >= 15 is 0 Å². The molecule has 142 valence electrons. The first-order valence-electron chi connectivity index (χ1n) is 9.77. The molecule has 2 aromatic carbocycles. The molecule has 0 radical (unpaired) electrons.